The van der Waals surface area contributed by atoms with Crippen LogP contribution in [-0.2, 0) is 4.79 Å². The topological polar surface area (TPSA) is 81.2 Å². The van der Waals surface area contributed by atoms with E-state index in [1.54, 1.807) is 6.20 Å². The third-order valence-corrected chi connectivity index (χ3v) is 5.02. The number of nitrogens with one attached hydrogen (secondary N) is 1. The smallest absolute Gasteiger partial charge is 0.229 e. The van der Waals surface area contributed by atoms with Crippen LogP contribution in [0.25, 0.3) is 11.3 Å². The molecule has 3 N–H and O–H groups in total. The van der Waals surface area contributed by atoms with Gasteiger partial charge >= 0.3 is 0 Å². The maximum absolute atomic E-state index is 12.5. The van der Waals surface area contributed by atoms with Crippen LogP contribution in [0.15, 0.2) is 65.2 Å². The molecule has 2 atom stereocenters. The van der Waals surface area contributed by atoms with Gasteiger partial charge in [-0.2, -0.15) is 0 Å². The van der Waals surface area contributed by atoms with Gasteiger partial charge in [-0.3, -0.25) is 4.79 Å². The number of anilines is 1. The summed E-state index contributed by atoms with van der Waals surface area (Å²) in [5.41, 5.74) is 8.88. The fraction of sp³-hybridized carbons (Fsp3) is 0.273. The van der Waals surface area contributed by atoms with Crippen molar-refractivity contribution in [3.63, 3.8) is 0 Å². The van der Waals surface area contributed by atoms with Crippen LogP contribution in [0.1, 0.15) is 43.2 Å². The van der Waals surface area contributed by atoms with Gasteiger partial charge in [-0.15, -0.1) is 12.4 Å². The highest BCUT2D eigenvalue weighted by molar-refractivity contribution is 5.93. The molecule has 3 aromatic rings. The van der Waals surface area contributed by atoms with Crippen LogP contribution < -0.4 is 11.1 Å². The molecule has 146 valence electrons. The van der Waals surface area contributed by atoms with Crippen molar-refractivity contribution in [1.82, 2.24) is 4.98 Å². The molecule has 1 aliphatic carbocycles. The van der Waals surface area contributed by atoms with E-state index in [0.717, 1.165) is 41.3 Å². The lowest BCUT2D eigenvalue weighted by molar-refractivity contribution is -0.120. The Balaban J connectivity index is 0.00000225. The second-order valence-electron chi connectivity index (χ2n) is 7.13. The molecule has 2 unspecified atom stereocenters. The number of nitrogens with two attached hydrogens (primary N) is 1. The molecule has 0 radical (unpaired) electrons. The van der Waals surface area contributed by atoms with Crippen molar-refractivity contribution >= 4 is 24.0 Å². The van der Waals surface area contributed by atoms with Gasteiger partial charge in [0.05, 0.1) is 12.1 Å². The van der Waals surface area contributed by atoms with Gasteiger partial charge in [0.1, 0.15) is 0 Å². The minimum absolute atomic E-state index is 0. The summed E-state index contributed by atoms with van der Waals surface area (Å²) in [5.74, 6) is 1.63. The Morgan fingerprint density at radius 1 is 1.14 bits per heavy atom. The molecule has 0 saturated heterocycles. The maximum atomic E-state index is 12.5. The number of aromatic nitrogens is 1. The van der Waals surface area contributed by atoms with Crippen LogP contribution in [0.5, 0.6) is 0 Å². The summed E-state index contributed by atoms with van der Waals surface area (Å²) in [4.78, 5) is 16.9. The van der Waals surface area contributed by atoms with E-state index in [1.165, 1.54) is 0 Å². The molecular weight excluding hydrogens is 374 g/mol. The van der Waals surface area contributed by atoms with Crippen LogP contribution in [0.2, 0.25) is 0 Å². The monoisotopic (exact) mass is 397 g/mol. The number of hydrogen-bond acceptors (Lipinski definition) is 4. The Morgan fingerprint density at radius 2 is 1.82 bits per heavy atom. The normalized spacial score (nSPS) is 15.4. The van der Waals surface area contributed by atoms with E-state index in [1.807, 2.05) is 61.5 Å². The summed E-state index contributed by atoms with van der Waals surface area (Å²) in [5, 5.41) is 2.94. The van der Waals surface area contributed by atoms with Gasteiger partial charge in [0.25, 0.3) is 0 Å². The summed E-state index contributed by atoms with van der Waals surface area (Å²) >= 11 is 0. The second-order valence-corrected chi connectivity index (χ2v) is 7.13. The molecule has 0 spiro atoms. The molecule has 28 heavy (non-hydrogen) atoms. The highest BCUT2D eigenvalue weighted by Gasteiger charge is 2.28. The Labute approximate surface area is 170 Å². The van der Waals surface area contributed by atoms with Gasteiger partial charge in [-0.1, -0.05) is 37.3 Å². The molecule has 0 bridgehead atoms. The fourth-order valence-electron chi connectivity index (χ4n) is 3.04. The van der Waals surface area contributed by atoms with Crippen molar-refractivity contribution in [3.05, 3.63) is 72.2 Å². The first-order valence-corrected chi connectivity index (χ1v) is 9.29. The first kappa shape index (κ1) is 20.1. The van der Waals surface area contributed by atoms with Crippen LogP contribution in [0, 0.1) is 5.92 Å². The molecule has 4 rings (SSSR count). The lowest BCUT2D eigenvalue weighted by atomic mass is 9.94. The number of carbonyl (C=O) groups is 1. The number of hydrogen-bond donors (Lipinski definition) is 2. The van der Waals surface area contributed by atoms with E-state index in [9.17, 15) is 4.79 Å². The van der Waals surface area contributed by atoms with Crippen LogP contribution in [0.4, 0.5) is 5.69 Å². The minimum atomic E-state index is -0.347. The van der Waals surface area contributed by atoms with E-state index >= 15 is 0 Å². The molecule has 1 amide bonds. The van der Waals surface area contributed by atoms with Gasteiger partial charge in [-0.05, 0) is 42.7 Å². The first-order chi connectivity index (χ1) is 13.1. The van der Waals surface area contributed by atoms with Crippen LogP contribution in [-0.4, -0.2) is 10.9 Å². The van der Waals surface area contributed by atoms with Gasteiger partial charge in [0.2, 0.25) is 5.91 Å². The molecule has 0 aliphatic heterocycles. The molecule has 1 heterocycles. The summed E-state index contributed by atoms with van der Waals surface area (Å²) in [6, 6.07) is 16.9. The van der Waals surface area contributed by atoms with Crippen molar-refractivity contribution in [1.29, 1.82) is 0 Å². The highest BCUT2D eigenvalue weighted by Crippen LogP contribution is 2.40. The summed E-state index contributed by atoms with van der Waals surface area (Å²) in [7, 11) is 0. The molecule has 1 aromatic heterocycles. The quantitative estimate of drug-likeness (QED) is 0.618. The number of rotatable bonds is 6. The van der Waals surface area contributed by atoms with Gasteiger partial charge < -0.3 is 15.5 Å². The van der Waals surface area contributed by atoms with Gasteiger partial charge in [0, 0.05) is 23.2 Å². The van der Waals surface area contributed by atoms with E-state index in [2.05, 4.69) is 10.3 Å². The van der Waals surface area contributed by atoms with E-state index in [0.29, 0.717) is 5.92 Å². The number of nitrogens with zero attached hydrogens (tertiary/aromatic N) is 1. The molecule has 1 saturated carbocycles. The van der Waals surface area contributed by atoms with Crippen molar-refractivity contribution < 1.29 is 9.21 Å². The Bertz CT molecular complexity index is 920. The standard InChI is InChI=1S/C22H23N3O2.ClH/c1-14(20(23)16-5-3-2-4-6-16)21(26)25-18-11-9-15(10-12-18)19-13-24-22(27-19)17-7-8-17;/h2-6,9-14,17,20H,7-8,23H2,1H3,(H,25,26);1H. The van der Waals surface area contributed by atoms with Gasteiger partial charge in [0.15, 0.2) is 11.7 Å². The van der Waals surface area contributed by atoms with Crippen molar-refractivity contribution in [2.45, 2.75) is 31.7 Å². The SMILES string of the molecule is CC(C(=O)Nc1ccc(-c2cnc(C3CC3)o2)cc1)C(N)c1ccccc1.Cl. The zero-order chi connectivity index (χ0) is 18.8. The lowest BCUT2D eigenvalue weighted by Crippen LogP contribution is -2.30. The number of amides is 1. The average molecular weight is 398 g/mol. The lowest BCUT2D eigenvalue weighted by Gasteiger charge is -2.20. The molecule has 6 heteroatoms. The largest absolute Gasteiger partial charge is 0.440 e. The number of carbonyl (C=O) groups excluding carboxylic acids is 1. The molecule has 1 aliphatic rings. The highest BCUT2D eigenvalue weighted by atomic mass is 35.5. The van der Waals surface area contributed by atoms with E-state index < -0.39 is 0 Å². The Morgan fingerprint density at radius 3 is 2.46 bits per heavy atom. The predicted molar refractivity (Wildman–Crippen MR) is 112 cm³/mol. The van der Waals surface area contributed by atoms with Crippen LogP contribution >= 0.6 is 12.4 Å². The zero-order valence-electron chi connectivity index (χ0n) is 15.7. The average Bonchev–Trinajstić information content (AvgIpc) is 3.45. The molecule has 5 nitrogen and oxygen atoms in total. The second kappa shape index (κ2) is 8.59. The third kappa shape index (κ3) is 4.43. The maximum Gasteiger partial charge on any atom is 0.229 e. The summed E-state index contributed by atoms with van der Waals surface area (Å²) < 4.78 is 5.82. The van der Waals surface area contributed by atoms with Crippen molar-refractivity contribution in [2.24, 2.45) is 11.7 Å². The molecule has 1 fully saturated rings. The zero-order valence-corrected chi connectivity index (χ0v) is 16.5. The summed E-state index contributed by atoms with van der Waals surface area (Å²) in [6.45, 7) is 1.84. The van der Waals surface area contributed by atoms with Crippen LogP contribution in [0.3, 0.4) is 0 Å². The fourth-order valence-corrected chi connectivity index (χ4v) is 3.04. The molecular formula is C22H24ClN3O2. The van der Waals surface area contributed by atoms with Gasteiger partial charge in [-0.25, -0.2) is 4.98 Å². The minimum Gasteiger partial charge on any atom is -0.440 e. The van der Waals surface area contributed by atoms with Crippen molar-refractivity contribution in [2.75, 3.05) is 5.32 Å². The third-order valence-electron chi connectivity index (χ3n) is 5.02. The Hall–Kier alpha value is -2.63. The van der Waals surface area contributed by atoms with E-state index in [4.69, 9.17) is 10.2 Å². The molecule has 2 aromatic carbocycles. The number of oxazole rings is 1. The predicted octanol–water partition coefficient (Wildman–Crippen LogP) is 4.92. The first-order valence-electron chi connectivity index (χ1n) is 9.29. The summed E-state index contributed by atoms with van der Waals surface area (Å²) in [6.07, 6.45) is 4.09. The van der Waals surface area contributed by atoms with E-state index in [-0.39, 0.29) is 30.3 Å². The number of benzene rings is 2. The number of halogens is 1. The Kier molecular flexibility index (Phi) is 6.17. The van der Waals surface area contributed by atoms with Crippen molar-refractivity contribution in [3.8, 4) is 11.3 Å².